The number of benzene rings is 1. The minimum atomic E-state index is 0.150. The molecule has 21 heavy (non-hydrogen) atoms. The van der Waals surface area contributed by atoms with Crippen molar-refractivity contribution in [1.29, 1.82) is 5.26 Å². The Kier molecular flexibility index (Phi) is 4.58. The molecule has 0 saturated heterocycles. The summed E-state index contributed by atoms with van der Waals surface area (Å²) in [5.74, 6) is 2.11. The number of alkyl halides is 1. The number of aromatic nitrogens is 2. The van der Waals surface area contributed by atoms with Crippen molar-refractivity contribution in [3.63, 3.8) is 0 Å². The minimum absolute atomic E-state index is 0.150. The van der Waals surface area contributed by atoms with Crippen LogP contribution in [0.5, 0.6) is 0 Å². The highest BCUT2D eigenvalue weighted by Crippen LogP contribution is 2.31. The van der Waals surface area contributed by atoms with Gasteiger partial charge in [0.25, 0.3) is 0 Å². The van der Waals surface area contributed by atoms with Crippen molar-refractivity contribution >= 4 is 22.6 Å². The fraction of sp³-hybridized carbons (Fsp3) is 0.529. The van der Waals surface area contributed by atoms with Crippen LogP contribution in [0.3, 0.4) is 0 Å². The number of rotatable bonds is 5. The zero-order chi connectivity index (χ0) is 15.6. The summed E-state index contributed by atoms with van der Waals surface area (Å²) in [7, 11) is 0. The first-order valence-corrected chi connectivity index (χ1v) is 7.87. The lowest BCUT2D eigenvalue weighted by Crippen LogP contribution is -2.26. The zero-order valence-electron chi connectivity index (χ0n) is 13.2. The third-order valence-corrected chi connectivity index (χ3v) is 4.59. The van der Waals surface area contributed by atoms with Gasteiger partial charge in [-0.15, -0.1) is 11.6 Å². The molecular weight excluding hydrogens is 282 g/mol. The van der Waals surface area contributed by atoms with E-state index in [2.05, 4.69) is 38.3 Å². The normalized spacial score (nSPS) is 12.0. The number of halogens is 1. The Morgan fingerprint density at radius 2 is 2.10 bits per heavy atom. The van der Waals surface area contributed by atoms with Crippen LogP contribution in [0.15, 0.2) is 18.2 Å². The highest BCUT2D eigenvalue weighted by atomic mass is 35.5. The van der Waals surface area contributed by atoms with E-state index in [4.69, 9.17) is 21.8 Å². The van der Waals surface area contributed by atoms with Crippen molar-refractivity contribution in [1.82, 2.24) is 9.55 Å². The van der Waals surface area contributed by atoms with E-state index in [1.54, 1.807) is 0 Å². The summed E-state index contributed by atoms with van der Waals surface area (Å²) >= 11 is 5.92. The lowest BCUT2D eigenvalue weighted by Gasteiger charge is -2.30. The molecule has 0 bridgehead atoms. The lowest BCUT2D eigenvalue weighted by atomic mass is 9.81. The first-order chi connectivity index (χ1) is 9.89. The van der Waals surface area contributed by atoms with E-state index in [-0.39, 0.29) is 5.41 Å². The second-order valence-electron chi connectivity index (χ2n) is 6.51. The van der Waals surface area contributed by atoms with Crippen LogP contribution < -0.4 is 0 Å². The van der Waals surface area contributed by atoms with Gasteiger partial charge in [0.1, 0.15) is 5.82 Å². The van der Waals surface area contributed by atoms with E-state index in [1.165, 1.54) is 0 Å². The molecule has 0 unspecified atom stereocenters. The molecule has 0 aliphatic carbocycles. The van der Waals surface area contributed by atoms with Crippen molar-refractivity contribution in [3.05, 3.63) is 29.6 Å². The maximum Gasteiger partial charge on any atom is 0.111 e. The summed E-state index contributed by atoms with van der Waals surface area (Å²) in [6, 6.07) is 7.87. The molecule has 0 atom stereocenters. The van der Waals surface area contributed by atoms with E-state index in [0.29, 0.717) is 17.4 Å². The number of fused-ring (bicyclic) bond motifs is 1. The molecule has 0 aliphatic heterocycles. The van der Waals surface area contributed by atoms with Gasteiger partial charge in [0.2, 0.25) is 0 Å². The van der Waals surface area contributed by atoms with Crippen LogP contribution in [0, 0.1) is 22.7 Å². The van der Waals surface area contributed by atoms with E-state index in [9.17, 15) is 0 Å². The van der Waals surface area contributed by atoms with Gasteiger partial charge < -0.3 is 4.57 Å². The van der Waals surface area contributed by atoms with Crippen LogP contribution in [-0.2, 0) is 13.0 Å². The van der Waals surface area contributed by atoms with Gasteiger partial charge in [-0.3, -0.25) is 0 Å². The second-order valence-corrected chi connectivity index (χ2v) is 6.89. The standard InChI is InChI=1S/C17H22ClN3/c1-12(2)17(3,4)11-21-15-9-13(10-19)5-6-14(15)20-16(21)7-8-18/h5-6,9,12H,7-8,11H2,1-4H3. The smallest absolute Gasteiger partial charge is 0.111 e. The molecule has 0 radical (unpaired) electrons. The monoisotopic (exact) mass is 303 g/mol. The molecule has 1 aromatic carbocycles. The SMILES string of the molecule is CC(C)C(C)(C)Cn1c(CCCl)nc2ccc(C#N)cc21. The Morgan fingerprint density at radius 3 is 2.67 bits per heavy atom. The number of imidazole rings is 1. The molecule has 0 N–H and O–H groups in total. The molecule has 1 aromatic heterocycles. The van der Waals surface area contributed by atoms with Crippen LogP contribution in [0.4, 0.5) is 0 Å². The van der Waals surface area contributed by atoms with Crippen LogP contribution in [0.1, 0.15) is 39.1 Å². The minimum Gasteiger partial charge on any atom is -0.327 e. The first-order valence-electron chi connectivity index (χ1n) is 7.34. The van der Waals surface area contributed by atoms with Crippen molar-refractivity contribution in [2.24, 2.45) is 11.3 Å². The molecule has 0 spiro atoms. The fourth-order valence-electron chi connectivity index (χ4n) is 2.28. The summed E-state index contributed by atoms with van der Waals surface area (Å²) in [6.45, 7) is 9.88. The molecule has 1 heterocycles. The van der Waals surface area contributed by atoms with E-state index >= 15 is 0 Å². The lowest BCUT2D eigenvalue weighted by molar-refractivity contribution is 0.210. The highest BCUT2D eigenvalue weighted by molar-refractivity contribution is 6.17. The molecule has 112 valence electrons. The van der Waals surface area contributed by atoms with Crippen LogP contribution >= 0.6 is 11.6 Å². The summed E-state index contributed by atoms with van der Waals surface area (Å²) in [5.41, 5.74) is 2.79. The average molecular weight is 304 g/mol. The number of hydrogen-bond donors (Lipinski definition) is 0. The van der Waals surface area contributed by atoms with Gasteiger partial charge in [0, 0.05) is 18.8 Å². The fourth-order valence-corrected chi connectivity index (χ4v) is 2.45. The van der Waals surface area contributed by atoms with E-state index < -0.39 is 0 Å². The van der Waals surface area contributed by atoms with Crippen molar-refractivity contribution in [2.45, 2.75) is 40.7 Å². The first kappa shape index (κ1) is 15.9. The van der Waals surface area contributed by atoms with Crippen molar-refractivity contribution in [2.75, 3.05) is 5.88 Å². The Balaban J connectivity index is 2.57. The predicted octanol–water partition coefficient (Wildman–Crippen LogP) is 4.37. The summed E-state index contributed by atoms with van der Waals surface area (Å²) in [6.07, 6.45) is 0.742. The molecule has 2 aromatic rings. The highest BCUT2D eigenvalue weighted by Gasteiger charge is 2.25. The molecule has 3 nitrogen and oxygen atoms in total. The van der Waals surface area contributed by atoms with Gasteiger partial charge >= 0.3 is 0 Å². The quantitative estimate of drug-likeness (QED) is 0.770. The van der Waals surface area contributed by atoms with Gasteiger partial charge in [-0.2, -0.15) is 5.26 Å². The van der Waals surface area contributed by atoms with Gasteiger partial charge in [-0.25, -0.2) is 4.98 Å². The van der Waals surface area contributed by atoms with Gasteiger partial charge in [0.15, 0.2) is 0 Å². The van der Waals surface area contributed by atoms with Crippen molar-refractivity contribution < 1.29 is 0 Å². The Hall–Kier alpha value is -1.53. The molecule has 0 aliphatic rings. The Morgan fingerprint density at radius 1 is 1.38 bits per heavy atom. The predicted molar refractivity (Wildman–Crippen MR) is 87.5 cm³/mol. The topological polar surface area (TPSA) is 41.6 Å². The van der Waals surface area contributed by atoms with Gasteiger partial charge in [-0.1, -0.05) is 27.7 Å². The average Bonchev–Trinajstić information content (AvgIpc) is 2.76. The van der Waals surface area contributed by atoms with Gasteiger partial charge in [-0.05, 0) is 29.5 Å². The number of nitriles is 1. The molecule has 2 rings (SSSR count). The number of hydrogen-bond acceptors (Lipinski definition) is 2. The number of aryl methyl sites for hydroxylation is 1. The third-order valence-electron chi connectivity index (χ3n) is 4.40. The van der Waals surface area contributed by atoms with Crippen LogP contribution in [-0.4, -0.2) is 15.4 Å². The Bertz CT molecular complexity index is 677. The van der Waals surface area contributed by atoms with Crippen LogP contribution in [0.25, 0.3) is 11.0 Å². The second kappa shape index (κ2) is 6.07. The van der Waals surface area contributed by atoms with Crippen LogP contribution in [0.2, 0.25) is 0 Å². The largest absolute Gasteiger partial charge is 0.327 e. The molecule has 0 amide bonds. The third kappa shape index (κ3) is 3.22. The molecule has 0 saturated carbocycles. The molecule has 4 heteroatoms. The molecule has 0 fully saturated rings. The zero-order valence-corrected chi connectivity index (χ0v) is 13.9. The van der Waals surface area contributed by atoms with E-state index in [1.807, 2.05) is 18.2 Å². The summed E-state index contributed by atoms with van der Waals surface area (Å²) in [4.78, 5) is 4.69. The molecular formula is C17H22ClN3. The van der Waals surface area contributed by atoms with Crippen molar-refractivity contribution in [3.8, 4) is 6.07 Å². The maximum absolute atomic E-state index is 9.12. The number of nitrogens with zero attached hydrogens (tertiary/aromatic N) is 3. The van der Waals surface area contributed by atoms with Gasteiger partial charge in [0.05, 0.1) is 22.7 Å². The summed E-state index contributed by atoms with van der Waals surface area (Å²) in [5, 5.41) is 9.12. The maximum atomic E-state index is 9.12. The Labute approximate surface area is 131 Å². The van der Waals surface area contributed by atoms with E-state index in [0.717, 1.165) is 29.8 Å². The summed E-state index contributed by atoms with van der Waals surface area (Å²) < 4.78 is 2.23.